The summed E-state index contributed by atoms with van der Waals surface area (Å²) in [6.45, 7) is 2.13. The van der Waals surface area contributed by atoms with E-state index < -0.39 is 0 Å². The molecule has 1 aromatic heterocycles. The minimum absolute atomic E-state index is 0.212. The largest absolute Gasteiger partial charge is 0.338 e. The molecule has 0 spiro atoms. The van der Waals surface area contributed by atoms with Gasteiger partial charge in [-0.3, -0.25) is 9.89 Å². The Morgan fingerprint density at radius 1 is 1.42 bits per heavy atom. The molecule has 3 N–H and O–H groups in total. The number of hydrogen-bond donors (Lipinski definition) is 3. The lowest BCUT2D eigenvalue weighted by molar-refractivity contribution is -0.129. The molecular weight excluding hydrogens is 332 g/mol. The normalized spacial score (nSPS) is 17.3. The zero-order valence-electron chi connectivity index (χ0n) is 15.3. The Hall–Kier alpha value is -2.61. The molecule has 2 heterocycles. The number of nitrogens with zero attached hydrogens (tertiary/aromatic N) is 3. The second-order valence-electron chi connectivity index (χ2n) is 6.92. The number of likely N-dealkylation sites (tertiary alicyclic amines) is 1. The maximum atomic E-state index is 12.1. The van der Waals surface area contributed by atoms with Gasteiger partial charge >= 0.3 is 6.03 Å². The number of aromatic nitrogens is 2. The molecule has 1 aliphatic rings. The summed E-state index contributed by atoms with van der Waals surface area (Å²) in [6.07, 6.45) is 3.98. The summed E-state index contributed by atoms with van der Waals surface area (Å²) in [7, 11) is 4.00. The van der Waals surface area contributed by atoms with Crippen LogP contribution in [0.2, 0.25) is 0 Å². The highest BCUT2D eigenvalue weighted by atomic mass is 16.2. The van der Waals surface area contributed by atoms with E-state index in [1.54, 1.807) is 6.20 Å². The van der Waals surface area contributed by atoms with E-state index in [4.69, 9.17) is 0 Å². The molecule has 1 aliphatic heterocycles. The van der Waals surface area contributed by atoms with Crippen molar-refractivity contribution in [2.24, 2.45) is 0 Å². The molecule has 1 fully saturated rings. The highest BCUT2D eigenvalue weighted by molar-refractivity contribution is 5.92. The average Bonchev–Trinajstić information content (AvgIpc) is 3.19. The van der Waals surface area contributed by atoms with Gasteiger partial charge in [-0.05, 0) is 45.1 Å². The SMILES string of the molecule is CN(C)CCN1C(=O)CC[C@@H]1CCNC(=O)Nc1ccc2cn[nH]c2c1. The van der Waals surface area contributed by atoms with Crippen LogP contribution in [-0.4, -0.2) is 71.7 Å². The van der Waals surface area contributed by atoms with Crippen LogP contribution in [-0.2, 0) is 4.79 Å². The van der Waals surface area contributed by atoms with Gasteiger partial charge in [-0.1, -0.05) is 0 Å². The molecule has 8 heteroatoms. The number of urea groups is 1. The van der Waals surface area contributed by atoms with Gasteiger partial charge in [-0.2, -0.15) is 5.10 Å². The first kappa shape index (κ1) is 18.2. The van der Waals surface area contributed by atoms with Gasteiger partial charge in [0.15, 0.2) is 0 Å². The van der Waals surface area contributed by atoms with Crippen LogP contribution in [0.4, 0.5) is 10.5 Å². The first-order valence-electron chi connectivity index (χ1n) is 8.95. The average molecular weight is 358 g/mol. The zero-order chi connectivity index (χ0) is 18.5. The van der Waals surface area contributed by atoms with Gasteiger partial charge in [0.05, 0.1) is 11.7 Å². The van der Waals surface area contributed by atoms with E-state index in [-0.39, 0.29) is 18.0 Å². The smallest absolute Gasteiger partial charge is 0.319 e. The Kier molecular flexibility index (Phi) is 5.72. The summed E-state index contributed by atoms with van der Waals surface area (Å²) in [5.74, 6) is 0.217. The Balaban J connectivity index is 1.44. The fourth-order valence-corrected chi connectivity index (χ4v) is 3.25. The van der Waals surface area contributed by atoms with Crippen LogP contribution in [0.15, 0.2) is 24.4 Å². The van der Waals surface area contributed by atoms with Crippen molar-refractivity contribution in [3.05, 3.63) is 24.4 Å². The van der Waals surface area contributed by atoms with Crippen LogP contribution in [0.25, 0.3) is 10.9 Å². The van der Waals surface area contributed by atoms with E-state index in [2.05, 4.69) is 25.7 Å². The van der Waals surface area contributed by atoms with Crippen molar-refractivity contribution in [3.8, 4) is 0 Å². The third kappa shape index (κ3) is 4.51. The van der Waals surface area contributed by atoms with Crippen molar-refractivity contribution < 1.29 is 9.59 Å². The maximum Gasteiger partial charge on any atom is 0.319 e. The van der Waals surface area contributed by atoms with Crippen LogP contribution in [0.1, 0.15) is 19.3 Å². The fraction of sp³-hybridized carbons (Fsp3) is 0.500. The predicted octanol–water partition coefficient (Wildman–Crippen LogP) is 1.63. The number of benzene rings is 1. The molecule has 0 radical (unpaired) electrons. The standard InChI is InChI=1S/C18H26N6O2/c1-23(2)9-10-24-15(5-6-17(24)25)7-8-19-18(26)21-14-4-3-13-12-20-22-16(13)11-14/h3-4,11-12,15H,5-10H2,1-2H3,(H,20,22)(H2,19,21,26)/t15-/m1/s1. The molecule has 1 atom stereocenters. The van der Waals surface area contributed by atoms with Gasteiger partial charge in [0.25, 0.3) is 0 Å². The summed E-state index contributed by atoms with van der Waals surface area (Å²) in [5.41, 5.74) is 1.59. The molecule has 26 heavy (non-hydrogen) atoms. The topological polar surface area (TPSA) is 93.4 Å². The minimum atomic E-state index is -0.243. The molecular formula is C18H26N6O2. The van der Waals surface area contributed by atoms with Crippen molar-refractivity contribution in [2.45, 2.75) is 25.3 Å². The second kappa shape index (κ2) is 8.18. The molecule has 0 unspecified atom stereocenters. The second-order valence-corrected chi connectivity index (χ2v) is 6.92. The molecule has 8 nitrogen and oxygen atoms in total. The molecule has 140 valence electrons. The van der Waals surface area contributed by atoms with Crippen LogP contribution >= 0.6 is 0 Å². The fourth-order valence-electron chi connectivity index (χ4n) is 3.25. The van der Waals surface area contributed by atoms with Gasteiger partial charge in [-0.15, -0.1) is 0 Å². The number of nitrogens with one attached hydrogen (secondary N) is 3. The number of likely N-dealkylation sites (N-methyl/N-ethyl adjacent to an activating group) is 1. The van der Waals surface area contributed by atoms with Crippen LogP contribution in [0, 0.1) is 0 Å². The summed E-state index contributed by atoms with van der Waals surface area (Å²) >= 11 is 0. The monoisotopic (exact) mass is 358 g/mol. The Morgan fingerprint density at radius 3 is 3.08 bits per heavy atom. The van der Waals surface area contributed by atoms with Gasteiger partial charge in [0, 0.05) is 43.2 Å². The van der Waals surface area contributed by atoms with Gasteiger partial charge in [0.2, 0.25) is 5.91 Å². The van der Waals surface area contributed by atoms with Crippen molar-refractivity contribution in [3.63, 3.8) is 0 Å². The molecule has 3 amide bonds. The number of hydrogen-bond acceptors (Lipinski definition) is 4. The maximum absolute atomic E-state index is 12.1. The lowest BCUT2D eigenvalue weighted by atomic mass is 10.1. The number of carbonyl (C=O) groups excluding carboxylic acids is 2. The van der Waals surface area contributed by atoms with E-state index in [1.807, 2.05) is 37.2 Å². The number of rotatable bonds is 7. The van der Waals surface area contributed by atoms with Crippen molar-refractivity contribution in [2.75, 3.05) is 39.0 Å². The first-order chi connectivity index (χ1) is 12.5. The van der Waals surface area contributed by atoms with Gasteiger partial charge in [0.1, 0.15) is 0 Å². The summed E-state index contributed by atoms with van der Waals surface area (Å²) in [5, 5.41) is 13.5. The molecule has 1 saturated heterocycles. The summed E-state index contributed by atoms with van der Waals surface area (Å²) in [4.78, 5) is 28.1. The first-order valence-corrected chi connectivity index (χ1v) is 8.95. The van der Waals surface area contributed by atoms with E-state index >= 15 is 0 Å². The molecule has 1 aromatic carbocycles. The highest BCUT2D eigenvalue weighted by Crippen LogP contribution is 2.21. The van der Waals surface area contributed by atoms with Crippen LogP contribution in [0.3, 0.4) is 0 Å². The molecule has 0 bridgehead atoms. The number of aromatic amines is 1. The Morgan fingerprint density at radius 2 is 2.27 bits per heavy atom. The number of amides is 3. The van der Waals surface area contributed by atoms with Crippen LogP contribution < -0.4 is 10.6 Å². The number of fused-ring (bicyclic) bond motifs is 1. The Labute approximate surface area is 152 Å². The molecule has 3 rings (SSSR count). The van der Waals surface area contributed by atoms with Gasteiger partial charge in [-0.25, -0.2) is 4.79 Å². The third-order valence-corrected chi connectivity index (χ3v) is 4.70. The van der Waals surface area contributed by atoms with Crippen LogP contribution in [0.5, 0.6) is 0 Å². The predicted molar refractivity (Wildman–Crippen MR) is 101 cm³/mol. The molecule has 0 aliphatic carbocycles. The number of carbonyl (C=O) groups is 2. The number of anilines is 1. The molecule has 0 saturated carbocycles. The summed E-state index contributed by atoms with van der Waals surface area (Å²) < 4.78 is 0. The molecule has 2 aromatic rings. The third-order valence-electron chi connectivity index (χ3n) is 4.70. The van der Waals surface area contributed by atoms with E-state index in [0.717, 1.165) is 36.8 Å². The minimum Gasteiger partial charge on any atom is -0.338 e. The lowest BCUT2D eigenvalue weighted by Gasteiger charge is -2.26. The van der Waals surface area contributed by atoms with E-state index in [1.165, 1.54) is 0 Å². The number of H-pyrrole nitrogens is 1. The van der Waals surface area contributed by atoms with E-state index in [0.29, 0.717) is 18.7 Å². The highest BCUT2D eigenvalue weighted by Gasteiger charge is 2.30. The van der Waals surface area contributed by atoms with Crippen molar-refractivity contribution in [1.29, 1.82) is 0 Å². The van der Waals surface area contributed by atoms with Gasteiger partial charge < -0.3 is 20.4 Å². The van der Waals surface area contributed by atoms with Crippen molar-refractivity contribution in [1.82, 2.24) is 25.3 Å². The zero-order valence-corrected chi connectivity index (χ0v) is 15.3. The lowest BCUT2D eigenvalue weighted by Crippen LogP contribution is -2.40. The van der Waals surface area contributed by atoms with Crippen molar-refractivity contribution >= 4 is 28.5 Å². The summed E-state index contributed by atoms with van der Waals surface area (Å²) in [6, 6.07) is 5.56. The Bertz CT molecular complexity index is 772. The quantitative estimate of drug-likeness (QED) is 0.701. The van der Waals surface area contributed by atoms with E-state index in [9.17, 15) is 9.59 Å².